The summed E-state index contributed by atoms with van der Waals surface area (Å²) < 4.78 is 1.69. The van der Waals surface area contributed by atoms with Crippen molar-refractivity contribution in [2.75, 3.05) is 24.7 Å². The van der Waals surface area contributed by atoms with Gasteiger partial charge in [0, 0.05) is 27.3 Å². The molecule has 2 aromatic heterocycles. The van der Waals surface area contributed by atoms with Crippen molar-refractivity contribution in [2.24, 2.45) is 7.05 Å². The van der Waals surface area contributed by atoms with E-state index in [2.05, 4.69) is 20.1 Å². The Morgan fingerprint density at radius 1 is 1.25 bits per heavy atom. The van der Waals surface area contributed by atoms with Gasteiger partial charge in [0.1, 0.15) is 5.69 Å². The van der Waals surface area contributed by atoms with E-state index in [1.54, 1.807) is 9.58 Å². The third kappa shape index (κ3) is 1.92. The van der Waals surface area contributed by atoms with Crippen molar-refractivity contribution in [1.29, 1.82) is 0 Å². The van der Waals surface area contributed by atoms with E-state index >= 15 is 0 Å². The molecule has 0 saturated heterocycles. The molecule has 2 rings (SSSR count). The van der Waals surface area contributed by atoms with Crippen LogP contribution >= 0.6 is 0 Å². The molecule has 16 heavy (non-hydrogen) atoms. The molecule has 0 fully saturated rings. The average Bonchev–Trinajstić information content (AvgIpc) is 2.64. The zero-order chi connectivity index (χ0) is 11.7. The highest BCUT2D eigenvalue weighted by atomic mass is 15.3. The molecule has 0 aliphatic rings. The molecule has 0 spiro atoms. The highest BCUT2D eigenvalue weighted by molar-refractivity contribution is 5.52. The standard InChI is InChI=1S/C9H13N7/c1-15(2)9-12-7(11-8(10)13-9)6-4-5-16(3)14-6/h4-5H,1-3H3,(H2,10,11,12,13). The van der Waals surface area contributed by atoms with Gasteiger partial charge in [-0.1, -0.05) is 0 Å². The minimum absolute atomic E-state index is 0.194. The van der Waals surface area contributed by atoms with E-state index in [1.807, 2.05) is 33.4 Å². The molecule has 2 heterocycles. The molecule has 7 nitrogen and oxygen atoms in total. The quantitative estimate of drug-likeness (QED) is 0.760. The van der Waals surface area contributed by atoms with E-state index in [-0.39, 0.29) is 5.95 Å². The molecule has 0 radical (unpaired) electrons. The van der Waals surface area contributed by atoms with Crippen molar-refractivity contribution in [3.63, 3.8) is 0 Å². The second-order valence-corrected chi connectivity index (χ2v) is 3.59. The summed E-state index contributed by atoms with van der Waals surface area (Å²) in [5.74, 6) is 1.20. The fraction of sp³-hybridized carbons (Fsp3) is 0.333. The molecule has 0 amide bonds. The summed E-state index contributed by atoms with van der Waals surface area (Å²) in [7, 11) is 5.52. The molecule has 0 aliphatic carbocycles. The summed E-state index contributed by atoms with van der Waals surface area (Å²) in [6.45, 7) is 0. The molecule has 0 aromatic carbocycles. The predicted octanol–water partition coefficient (Wildman–Crippen LogP) is -0.0797. The minimum Gasteiger partial charge on any atom is -0.368 e. The van der Waals surface area contributed by atoms with Gasteiger partial charge >= 0.3 is 0 Å². The van der Waals surface area contributed by atoms with E-state index in [0.717, 1.165) is 0 Å². The lowest BCUT2D eigenvalue weighted by atomic mass is 10.4. The zero-order valence-corrected chi connectivity index (χ0v) is 9.42. The molecule has 0 bridgehead atoms. The van der Waals surface area contributed by atoms with E-state index in [4.69, 9.17) is 5.73 Å². The summed E-state index contributed by atoms with van der Waals surface area (Å²) >= 11 is 0. The lowest BCUT2D eigenvalue weighted by Crippen LogP contribution is -2.15. The summed E-state index contributed by atoms with van der Waals surface area (Å²) in [5.41, 5.74) is 6.30. The van der Waals surface area contributed by atoms with Crippen LogP contribution in [0.2, 0.25) is 0 Å². The molecule has 2 N–H and O–H groups in total. The maximum absolute atomic E-state index is 5.62. The normalized spacial score (nSPS) is 10.4. The Morgan fingerprint density at radius 2 is 2.00 bits per heavy atom. The maximum atomic E-state index is 5.62. The Morgan fingerprint density at radius 3 is 2.56 bits per heavy atom. The molecule has 0 aliphatic heterocycles. The molecular weight excluding hydrogens is 206 g/mol. The van der Waals surface area contributed by atoms with Crippen LogP contribution in [0.25, 0.3) is 11.5 Å². The fourth-order valence-corrected chi connectivity index (χ4v) is 1.23. The first-order chi connectivity index (χ1) is 7.56. The van der Waals surface area contributed by atoms with Gasteiger partial charge in [0.05, 0.1) is 0 Å². The van der Waals surface area contributed by atoms with Gasteiger partial charge in [0.15, 0.2) is 5.82 Å². The van der Waals surface area contributed by atoms with Crippen LogP contribution in [-0.2, 0) is 7.05 Å². The van der Waals surface area contributed by atoms with Gasteiger partial charge in [-0.3, -0.25) is 4.68 Å². The number of hydrogen-bond acceptors (Lipinski definition) is 6. The number of aromatic nitrogens is 5. The lowest BCUT2D eigenvalue weighted by Gasteiger charge is -2.10. The zero-order valence-electron chi connectivity index (χ0n) is 9.42. The highest BCUT2D eigenvalue weighted by Gasteiger charge is 2.09. The summed E-state index contributed by atoms with van der Waals surface area (Å²) in [4.78, 5) is 14.1. The fourth-order valence-electron chi connectivity index (χ4n) is 1.23. The predicted molar refractivity (Wildman–Crippen MR) is 60.8 cm³/mol. The van der Waals surface area contributed by atoms with Crippen LogP contribution in [0.5, 0.6) is 0 Å². The number of nitrogens with two attached hydrogens (primary N) is 1. The van der Waals surface area contributed by atoms with E-state index in [1.165, 1.54) is 0 Å². The Hall–Kier alpha value is -2.18. The molecule has 7 heteroatoms. The summed E-state index contributed by atoms with van der Waals surface area (Å²) in [6, 6.07) is 1.83. The largest absolute Gasteiger partial charge is 0.368 e. The highest BCUT2D eigenvalue weighted by Crippen LogP contribution is 2.15. The van der Waals surface area contributed by atoms with Crippen LogP contribution < -0.4 is 10.6 Å². The lowest BCUT2D eigenvalue weighted by molar-refractivity contribution is 0.768. The van der Waals surface area contributed by atoms with Crippen molar-refractivity contribution >= 4 is 11.9 Å². The van der Waals surface area contributed by atoms with Gasteiger partial charge in [-0.05, 0) is 6.07 Å². The SMILES string of the molecule is CN(C)c1nc(N)nc(-c2ccn(C)n2)n1. The number of aryl methyl sites for hydroxylation is 1. The van der Waals surface area contributed by atoms with Crippen LogP contribution in [0.15, 0.2) is 12.3 Å². The molecular formula is C9H13N7. The first-order valence-corrected chi connectivity index (χ1v) is 4.75. The van der Waals surface area contributed by atoms with Gasteiger partial charge in [0.25, 0.3) is 0 Å². The number of hydrogen-bond donors (Lipinski definition) is 1. The Balaban J connectivity index is 2.49. The van der Waals surface area contributed by atoms with E-state index in [0.29, 0.717) is 17.5 Å². The van der Waals surface area contributed by atoms with E-state index in [9.17, 15) is 0 Å². The molecule has 0 unspecified atom stereocenters. The van der Waals surface area contributed by atoms with Gasteiger partial charge in [-0.15, -0.1) is 0 Å². The van der Waals surface area contributed by atoms with Gasteiger partial charge in [-0.2, -0.15) is 20.1 Å². The molecule has 84 valence electrons. The van der Waals surface area contributed by atoms with Crippen molar-refractivity contribution in [2.45, 2.75) is 0 Å². The number of nitrogen functional groups attached to an aromatic ring is 1. The third-order valence-electron chi connectivity index (χ3n) is 1.98. The smallest absolute Gasteiger partial charge is 0.230 e. The second-order valence-electron chi connectivity index (χ2n) is 3.59. The molecule has 0 atom stereocenters. The Kier molecular flexibility index (Phi) is 2.43. The maximum Gasteiger partial charge on any atom is 0.230 e. The number of nitrogens with zero attached hydrogens (tertiary/aromatic N) is 6. The van der Waals surface area contributed by atoms with Crippen molar-refractivity contribution < 1.29 is 0 Å². The van der Waals surface area contributed by atoms with Gasteiger partial charge in [-0.25, -0.2) is 0 Å². The van der Waals surface area contributed by atoms with E-state index < -0.39 is 0 Å². The Bertz CT molecular complexity index is 502. The topological polar surface area (TPSA) is 85.8 Å². The molecule has 2 aromatic rings. The van der Waals surface area contributed by atoms with Crippen molar-refractivity contribution in [3.8, 4) is 11.5 Å². The number of rotatable bonds is 2. The average molecular weight is 219 g/mol. The van der Waals surface area contributed by atoms with Crippen LogP contribution in [-0.4, -0.2) is 38.8 Å². The Labute approximate surface area is 92.9 Å². The number of anilines is 2. The first-order valence-electron chi connectivity index (χ1n) is 4.75. The van der Waals surface area contributed by atoms with Crippen LogP contribution in [0.3, 0.4) is 0 Å². The van der Waals surface area contributed by atoms with Gasteiger partial charge in [0.2, 0.25) is 11.9 Å². The third-order valence-corrected chi connectivity index (χ3v) is 1.98. The summed E-state index contributed by atoms with van der Waals surface area (Å²) in [6.07, 6.45) is 1.82. The van der Waals surface area contributed by atoms with Crippen LogP contribution in [0.4, 0.5) is 11.9 Å². The van der Waals surface area contributed by atoms with Gasteiger partial charge < -0.3 is 10.6 Å². The molecule has 0 saturated carbocycles. The second kappa shape index (κ2) is 3.76. The minimum atomic E-state index is 0.194. The van der Waals surface area contributed by atoms with Crippen molar-refractivity contribution in [3.05, 3.63) is 12.3 Å². The first kappa shape index (κ1) is 10.3. The monoisotopic (exact) mass is 219 g/mol. The van der Waals surface area contributed by atoms with Crippen LogP contribution in [0.1, 0.15) is 0 Å². The summed E-state index contributed by atoms with van der Waals surface area (Å²) in [5, 5.41) is 4.21. The van der Waals surface area contributed by atoms with Crippen molar-refractivity contribution in [1.82, 2.24) is 24.7 Å². The van der Waals surface area contributed by atoms with Crippen LogP contribution in [0, 0.1) is 0 Å².